The van der Waals surface area contributed by atoms with Gasteiger partial charge in [0.15, 0.2) is 0 Å². The highest BCUT2D eigenvalue weighted by Crippen LogP contribution is 1.98. The molecule has 0 aliphatic carbocycles. The molecule has 9 heavy (non-hydrogen) atoms. The van der Waals surface area contributed by atoms with Gasteiger partial charge in [-0.25, -0.2) is 0 Å². The van der Waals surface area contributed by atoms with Crippen molar-refractivity contribution in [1.82, 2.24) is 9.78 Å². The number of aromatic nitrogens is 2. The molecule has 1 unspecified atom stereocenters. The highest BCUT2D eigenvalue weighted by Gasteiger charge is 1.92. The number of hydrogen-bond donors (Lipinski definition) is 0. The van der Waals surface area contributed by atoms with Crippen LogP contribution in [0.15, 0.2) is 17.3 Å². The minimum absolute atomic E-state index is 0.220. The molecule has 4 nitrogen and oxygen atoms in total. The van der Waals surface area contributed by atoms with Gasteiger partial charge in [0, 0.05) is 13.2 Å². The van der Waals surface area contributed by atoms with Crippen LogP contribution in [0.1, 0.15) is 0 Å². The third-order valence-electron chi connectivity index (χ3n) is 0.874. The van der Waals surface area contributed by atoms with Crippen LogP contribution in [0, 0.1) is 0 Å². The van der Waals surface area contributed by atoms with Crippen LogP contribution < -0.4 is 0 Å². The van der Waals surface area contributed by atoms with Gasteiger partial charge in [-0.2, -0.15) is 5.10 Å². The van der Waals surface area contributed by atoms with Crippen LogP contribution in [-0.2, 0) is 18.1 Å². The Bertz CT molecular complexity index is 232. The zero-order valence-electron chi connectivity index (χ0n) is 4.77. The van der Waals surface area contributed by atoms with Gasteiger partial charge in [0.05, 0.1) is 11.1 Å². The Morgan fingerprint density at radius 1 is 1.89 bits per heavy atom. The molecular formula is C4H5N2O2S-. The topological polar surface area (TPSA) is 58.0 Å². The van der Waals surface area contributed by atoms with Crippen molar-refractivity contribution in [3.05, 3.63) is 12.4 Å². The van der Waals surface area contributed by atoms with Crippen LogP contribution in [0.25, 0.3) is 0 Å². The molecule has 0 bridgehead atoms. The average molecular weight is 145 g/mol. The molecule has 0 spiro atoms. The van der Waals surface area contributed by atoms with E-state index in [0.29, 0.717) is 0 Å². The second-order valence-electron chi connectivity index (χ2n) is 1.58. The Hall–Kier alpha value is -0.680. The van der Waals surface area contributed by atoms with Crippen LogP contribution >= 0.6 is 0 Å². The zero-order chi connectivity index (χ0) is 6.85. The van der Waals surface area contributed by atoms with Gasteiger partial charge in [-0.15, -0.1) is 0 Å². The van der Waals surface area contributed by atoms with Crippen molar-refractivity contribution in [2.24, 2.45) is 7.05 Å². The van der Waals surface area contributed by atoms with Crippen molar-refractivity contribution < 1.29 is 8.76 Å². The van der Waals surface area contributed by atoms with Gasteiger partial charge in [-0.1, -0.05) is 0 Å². The van der Waals surface area contributed by atoms with E-state index >= 15 is 0 Å². The third kappa shape index (κ3) is 1.36. The van der Waals surface area contributed by atoms with Gasteiger partial charge in [-0.05, 0) is 11.1 Å². The minimum Gasteiger partial charge on any atom is -0.768 e. The van der Waals surface area contributed by atoms with Crippen LogP contribution in [0.5, 0.6) is 0 Å². The molecule has 0 aromatic carbocycles. The zero-order valence-corrected chi connectivity index (χ0v) is 5.59. The number of rotatable bonds is 1. The standard InChI is InChI=1S/C4H6N2O2S/c1-6-3-4(2-5-6)9(7)8/h2-3H,1H3,(H,7,8)/p-1. The first-order chi connectivity index (χ1) is 4.20. The fraction of sp³-hybridized carbons (Fsp3) is 0.250. The minimum atomic E-state index is -2.14. The number of nitrogens with zero attached hydrogens (tertiary/aromatic N) is 2. The van der Waals surface area contributed by atoms with Gasteiger partial charge >= 0.3 is 0 Å². The Morgan fingerprint density at radius 2 is 2.56 bits per heavy atom. The summed E-state index contributed by atoms with van der Waals surface area (Å²) in [6.07, 6.45) is 2.73. The van der Waals surface area contributed by atoms with Crippen molar-refractivity contribution in [1.29, 1.82) is 0 Å². The lowest BCUT2D eigenvalue weighted by atomic mass is 10.7. The van der Waals surface area contributed by atoms with Gasteiger partial charge in [-0.3, -0.25) is 8.89 Å². The highest BCUT2D eigenvalue weighted by atomic mass is 32.2. The Morgan fingerprint density at radius 3 is 2.78 bits per heavy atom. The lowest BCUT2D eigenvalue weighted by molar-refractivity contribution is 0.537. The molecule has 0 aliphatic rings. The summed E-state index contributed by atoms with van der Waals surface area (Å²) < 4.78 is 21.8. The fourth-order valence-corrected chi connectivity index (χ4v) is 0.857. The summed E-state index contributed by atoms with van der Waals surface area (Å²) in [5.74, 6) is 0. The Kier molecular flexibility index (Phi) is 1.63. The van der Waals surface area contributed by atoms with E-state index < -0.39 is 11.1 Å². The quantitative estimate of drug-likeness (QED) is 0.508. The van der Waals surface area contributed by atoms with E-state index in [1.165, 1.54) is 17.1 Å². The predicted molar refractivity (Wildman–Crippen MR) is 30.4 cm³/mol. The van der Waals surface area contributed by atoms with Crippen LogP contribution in [-0.4, -0.2) is 18.5 Å². The van der Waals surface area contributed by atoms with E-state index in [1.807, 2.05) is 0 Å². The highest BCUT2D eigenvalue weighted by molar-refractivity contribution is 7.79. The maximum atomic E-state index is 10.2. The SMILES string of the molecule is Cn1cc(S(=O)[O-])cn1. The van der Waals surface area contributed by atoms with Crippen molar-refractivity contribution >= 4 is 11.1 Å². The van der Waals surface area contributed by atoms with Gasteiger partial charge in [0.25, 0.3) is 0 Å². The maximum Gasteiger partial charge on any atom is 0.0639 e. The summed E-state index contributed by atoms with van der Waals surface area (Å²) in [6.45, 7) is 0. The molecule has 0 amide bonds. The molecule has 0 fully saturated rings. The van der Waals surface area contributed by atoms with Crippen molar-refractivity contribution in [3.63, 3.8) is 0 Å². The molecule has 1 atom stereocenters. The molecule has 1 aromatic rings. The molecule has 1 rings (SSSR count). The summed E-state index contributed by atoms with van der Waals surface area (Å²) in [5, 5.41) is 3.66. The first-order valence-corrected chi connectivity index (χ1v) is 3.35. The van der Waals surface area contributed by atoms with Crippen molar-refractivity contribution in [2.45, 2.75) is 4.90 Å². The van der Waals surface area contributed by atoms with E-state index in [1.54, 1.807) is 7.05 Å². The van der Waals surface area contributed by atoms with E-state index in [-0.39, 0.29) is 4.90 Å². The summed E-state index contributed by atoms with van der Waals surface area (Å²) >= 11 is -2.14. The third-order valence-corrected chi connectivity index (χ3v) is 1.47. The van der Waals surface area contributed by atoms with Gasteiger partial charge in [0.1, 0.15) is 0 Å². The van der Waals surface area contributed by atoms with E-state index in [2.05, 4.69) is 5.10 Å². The molecule has 5 heteroatoms. The number of aryl methyl sites for hydroxylation is 1. The molecule has 0 N–H and O–H groups in total. The van der Waals surface area contributed by atoms with E-state index in [9.17, 15) is 8.76 Å². The van der Waals surface area contributed by atoms with Crippen molar-refractivity contribution in [3.8, 4) is 0 Å². The summed E-state index contributed by atoms with van der Waals surface area (Å²) in [5.41, 5.74) is 0. The molecule has 1 aromatic heterocycles. The van der Waals surface area contributed by atoms with Gasteiger partial charge in [0.2, 0.25) is 0 Å². The molecule has 0 saturated carbocycles. The second-order valence-corrected chi connectivity index (χ2v) is 2.53. The molecule has 0 saturated heterocycles. The molecule has 0 radical (unpaired) electrons. The molecule has 1 heterocycles. The first-order valence-electron chi connectivity index (χ1n) is 2.28. The lowest BCUT2D eigenvalue weighted by Gasteiger charge is -1.96. The van der Waals surface area contributed by atoms with Gasteiger partial charge < -0.3 is 4.55 Å². The monoisotopic (exact) mass is 145 g/mol. The van der Waals surface area contributed by atoms with Crippen LogP contribution in [0.2, 0.25) is 0 Å². The molecule has 0 aliphatic heterocycles. The molecular weight excluding hydrogens is 140 g/mol. The predicted octanol–water partition coefficient (Wildman–Crippen LogP) is -0.342. The summed E-state index contributed by atoms with van der Waals surface area (Å²) in [6, 6.07) is 0. The van der Waals surface area contributed by atoms with Crippen LogP contribution in [0.3, 0.4) is 0 Å². The average Bonchev–Trinajstić information content (AvgIpc) is 2.14. The largest absolute Gasteiger partial charge is 0.768 e. The van der Waals surface area contributed by atoms with Crippen molar-refractivity contribution in [2.75, 3.05) is 0 Å². The normalized spacial score (nSPS) is 13.6. The second kappa shape index (κ2) is 2.28. The maximum absolute atomic E-state index is 10.2. The van der Waals surface area contributed by atoms with E-state index in [4.69, 9.17) is 0 Å². The number of hydrogen-bond acceptors (Lipinski definition) is 3. The first kappa shape index (κ1) is 6.44. The van der Waals surface area contributed by atoms with Crippen LogP contribution in [0.4, 0.5) is 0 Å². The Balaban J connectivity index is 2.98. The smallest absolute Gasteiger partial charge is 0.0639 e. The fourth-order valence-electron chi connectivity index (χ4n) is 0.485. The summed E-state index contributed by atoms with van der Waals surface area (Å²) in [7, 11) is 1.66. The van der Waals surface area contributed by atoms with E-state index in [0.717, 1.165) is 0 Å². The Labute approximate surface area is 54.8 Å². The molecule has 50 valence electrons. The summed E-state index contributed by atoms with van der Waals surface area (Å²) in [4.78, 5) is 0.220. The lowest BCUT2D eigenvalue weighted by Crippen LogP contribution is -1.86.